The van der Waals surface area contributed by atoms with Gasteiger partial charge < -0.3 is 10.6 Å². The van der Waals surface area contributed by atoms with Crippen molar-refractivity contribution in [2.24, 2.45) is 0 Å². The van der Waals surface area contributed by atoms with Gasteiger partial charge in [0, 0.05) is 23.8 Å². The highest BCUT2D eigenvalue weighted by molar-refractivity contribution is 6.31. The highest BCUT2D eigenvalue weighted by atomic mass is 35.5. The number of benzene rings is 1. The van der Waals surface area contributed by atoms with Crippen molar-refractivity contribution in [1.29, 1.82) is 0 Å². The van der Waals surface area contributed by atoms with E-state index in [1.807, 2.05) is 24.3 Å². The quantitative estimate of drug-likeness (QED) is 0.709. The van der Waals surface area contributed by atoms with Gasteiger partial charge in [-0.05, 0) is 23.8 Å². The molecule has 2 N–H and O–H groups in total. The van der Waals surface area contributed by atoms with E-state index in [0.717, 1.165) is 17.8 Å². The van der Waals surface area contributed by atoms with Gasteiger partial charge in [-0.3, -0.25) is 4.79 Å². The minimum absolute atomic E-state index is 0. The second-order valence-electron chi connectivity index (χ2n) is 4.15. The molecule has 2 aliphatic heterocycles. The fourth-order valence-corrected chi connectivity index (χ4v) is 2.54. The maximum Gasteiger partial charge on any atom is 0.240 e. The van der Waals surface area contributed by atoms with Crippen LogP contribution < -0.4 is 10.6 Å². The van der Waals surface area contributed by atoms with E-state index in [1.54, 1.807) is 6.07 Å². The molecule has 1 amide bonds. The maximum absolute atomic E-state index is 12.1. The summed E-state index contributed by atoms with van der Waals surface area (Å²) in [5.41, 5.74) is 1.26. The molecule has 90 valence electrons. The Morgan fingerprint density at radius 3 is 2.88 bits per heavy atom. The Morgan fingerprint density at radius 2 is 2.18 bits per heavy atom. The van der Waals surface area contributed by atoms with Gasteiger partial charge in [0.25, 0.3) is 0 Å². The van der Waals surface area contributed by atoms with Crippen LogP contribution >= 0.6 is 24.0 Å². The van der Waals surface area contributed by atoms with Gasteiger partial charge in [-0.25, -0.2) is 0 Å². The summed E-state index contributed by atoms with van der Waals surface area (Å²) >= 11 is 5.99. The molecule has 0 saturated heterocycles. The lowest BCUT2D eigenvalue weighted by Gasteiger charge is -2.27. The van der Waals surface area contributed by atoms with Gasteiger partial charge in [-0.2, -0.15) is 0 Å². The van der Waals surface area contributed by atoms with E-state index in [9.17, 15) is 4.79 Å². The van der Waals surface area contributed by atoms with Crippen LogP contribution in [0.3, 0.4) is 0 Å². The van der Waals surface area contributed by atoms with Crippen LogP contribution in [-0.2, 0) is 10.2 Å². The van der Waals surface area contributed by atoms with E-state index in [-0.39, 0.29) is 18.3 Å². The first-order chi connectivity index (χ1) is 7.72. The molecule has 5 heteroatoms. The topological polar surface area (TPSA) is 41.1 Å². The molecule has 3 rings (SSSR count). The molecule has 2 aliphatic rings. The summed E-state index contributed by atoms with van der Waals surface area (Å²) in [5, 5.41) is 6.77. The van der Waals surface area contributed by atoms with E-state index < -0.39 is 5.41 Å². The third kappa shape index (κ3) is 1.75. The van der Waals surface area contributed by atoms with Crippen LogP contribution in [0.1, 0.15) is 5.56 Å². The van der Waals surface area contributed by atoms with E-state index in [1.165, 1.54) is 0 Å². The average molecular weight is 271 g/mol. The number of amides is 1. The monoisotopic (exact) mass is 270 g/mol. The molecule has 17 heavy (non-hydrogen) atoms. The third-order valence-electron chi connectivity index (χ3n) is 3.18. The lowest BCUT2D eigenvalue weighted by molar-refractivity contribution is -0.119. The Hall–Kier alpha value is -1.03. The molecule has 0 aliphatic carbocycles. The van der Waals surface area contributed by atoms with Gasteiger partial charge in [0.05, 0.1) is 0 Å². The van der Waals surface area contributed by atoms with Crippen LogP contribution in [0.15, 0.2) is 30.4 Å². The van der Waals surface area contributed by atoms with Crippen LogP contribution in [0.4, 0.5) is 5.69 Å². The Bertz CT molecular complexity index is 501. The summed E-state index contributed by atoms with van der Waals surface area (Å²) in [4.78, 5) is 12.1. The number of rotatable bonds is 0. The molecule has 0 unspecified atom stereocenters. The van der Waals surface area contributed by atoms with Gasteiger partial charge in [0.1, 0.15) is 5.41 Å². The first-order valence-electron chi connectivity index (χ1n) is 5.22. The van der Waals surface area contributed by atoms with Crippen molar-refractivity contribution in [1.82, 2.24) is 5.32 Å². The van der Waals surface area contributed by atoms with Crippen molar-refractivity contribution in [3.8, 4) is 0 Å². The highest BCUT2D eigenvalue weighted by Crippen LogP contribution is 2.40. The molecule has 1 spiro atoms. The lowest BCUT2D eigenvalue weighted by Crippen LogP contribution is -2.45. The molecular formula is C12H12Cl2N2O. The van der Waals surface area contributed by atoms with Crippen LogP contribution in [-0.4, -0.2) is 19.0 Å². The zero-order valence-electron chi connectivity index (χ0n) is 9.00. The Balaban J connectivity index is 0.00000108. The van der Waals surface area contributed by atoms with Gasteiger partial charge in [-0.1, -0.05) is 23.8 Å². The van der Waals surface area contributed by atoms with Crippen molar-refractivity contribution < 1.29 is 4.79 Å². The number of halogens is 2. The van der Waals surface area contributed by atoms with Crippen LogP contribution in [0.5, 0.6) is 0 Å². The molecule has 0 aromatic heterocycles. The lowest BCUT2D eigenvalue weighted by atomic mass is 9.80. The molecule has 1 aromatic rings. The van der Waals surface area contributed by atoms with Gasteiger partial charge in [0.2, 0.25) is 5.91 Å². The molecule has 1 atom stereocenters. The zero-order valence-corrected chi connectivity index (χ0v) is 10.6. The highest BCUT2D eigenvalue weighted by Gasteiger charge is 2.45. The molecule has 1 aromatic carbocycles. The number of hydrogen-bond donors (Lipinski definition) is 2. The van der Waals surface area contributed by atoms with Gasteiger partial charge in [0.15, 0.2) is 0 Å². The van der Waals surface area contributed by atoms with Crippen molar-refractivity contribution in [3.63, 3.8) is 0 Å². The fraction of sp³-hybridized carbons (Fsp3) is 0.250. The Morgan fingerprint density at radius 1 is 1.35 bits per heavy atom. The van der Waals surface area contributed by atoms with Gasteiger partial charge in [-0.15, -0.1) is 12.4 Å². The average Bonchev–Trinajstić information content (AvgIpc) is 2.55. The molecule has 2 heterocycles. The van der Waals surface area contributed by atoms with Crippen molar-refractivity contribution >= 4 is 35.6 Å². The number of fused-ring (bicyclic) bond motifs is 2. The Labute approximate surface area is 111 Å². The predicted octanol–water partition coefficient (Wildman–Crippen LogP) is 2.11. The molecule has 3 nitrogen and oxygen atoms in total. The molecule has 0 fully saturated rings. The standard InChI is InChI=1S/C12H11ClN2O.ClH/c13-8-2-3-10-9(6-8)12(11(16)15-10)4-1-5-14-7-12;/h1-4,6,14H,5,7H2,(H,15,16);1H/t12-;/m0./s1. The summed E-state index contributed by atoms with van der Waals surface area (Å²) < 4.78 is 0. The first kappa shape index (κ1) is 12.4. The van der Waals surface area contributed by atoms with Gasteiger partial charge >= 0.3 is 0 Å². The van der Waals surface area contributed by atoms with E-state index >= 15 is 0 Å². The number of hydrogen-bond acceptors (Lipinski definition) is 2. The number of carbonyl (C=O) groups excluding carboxylic acids is 1. The molecular weight excluding hydrogens is 259 g/mol. The van der Waals surface area contributed by atoms with E-state index in [4.69, 9.17) is 11.6 Å². The summed E-state index contributed by atoms with van der Waals surface area (Å²) in [6.07, 6.45) is 3.96. The second kappa shape index (κ2) is 4.33. The normalized spacial score (nSPS) is 25.4. The summed E-state index contributed by atoms with van der Waals surface area (Å²) in [6, 6.07) is 5.51. The predicted molar refractivity (Wildman–Crippen MR) is 71.0 cm³/mol. The fourth-order valence-electron chi connectivity index (χ4n) is 2.36. The zero-order chi connectivity index (χ0) is 11.2. The van der Waals surface area contributed by atoms with Crippen molar-refractivity contribution in [3.05, 3.63) is 40.9 Å². The summed E-state index contributed by atoms with van der Waals surface area (Å²) in [6.45, 7) is 1.44. The van der Waals surface area contributed by atoms with E-state index in [2.05, 4.69) is 10.6 Å². The number of nitrogens with one attached hydrogen (secondary N) is 2. The maximum atomic E-state index is 12.1. The molecule has 0 radical (unpaired) electrons. The first-order valence-corrected chi connectivity index (χ1v) is 5.60. The van der Waals surface area contributed by atoms with Crippen LogP contribution in [0, 0.1) is 0 Å². The minimum Gasteiger partial charge on any atom is -0.325 e. The van der Waals surface area contributed by atoms with Crippen LogP contribution in [0.25, 0.3) is 0 Å². The number of carbonyl (C=O) groups is 1. The van der Waals surface area contributed by atoms with Crippen molar-refractivity contribution in [2.75, 3.05) is 18.4 Å². The van der Waals surface area contributed by atoms with Crippen LogP contribution in [0.2, 0.25) is 5.02 Å². The van der Waals surface area contributed by atoms with E-state index in [0.29, 0.717) is 11.6 Å². The minimum atomic E-state index is -0.571. The number of anilines is 1. The van der Waals surface area contributed by atoms with Crippen molar-refractivity contribution in [2.45, 2.75) is 5.41 Å². The summed E-state index contributed by atoms with van der Waals surface area (Å²) in [5.74, 6) is 0.0215. The largest absolute Gasteiger partial charge is 0.325 e. The molecule has 0 saturated carbocycles. The SMILES string of the molecule is Cl.O=C1Nc2ccc(Cl)cc2[C@@]12C=CCNC2. The third-order valence-corrected chi connectivity index (χ3v) is 3.42. The molecule has 0 bridgehead atoms. The second-order valence-corrected chi connectivity index (χ2v) is 4.59. The Kier molecular flexibility index (Phi) is 3.17. The smallest absolute Gasteiger partial charge is 0.240 e. The summed E-state index contributed by atoms with van der Waals surface area (Å²) in [7, 11) is 0.